The van der Waals surface area contributed by atoms with Gasteiger partial charge in [-0.1, -0.05) is 6.07 Å². The smallest absolute Gasteiger partial charge is 0.413 e. The number of carbonyl (C=O) groups excluding carboxylic acids is 2. The largest absolute Gasteiger partial charge is 0.444 e. The predicted octanol–water partition coefficient (Wildman–Crippen LogP) is 2.82. The topological polar surface area (TPSA) is 68.7 Å². The van der Waals surface area contributed by atoms with Crippen molar-refractivity contribution in [3.63, 3.8) is 0 Å². The summed E-state index contributed by atoms with van der Waals surface area (Å²) in [6.07, 6.45) is 0.194. The van der Waals surface area contributed by atoms with Gasteiger partial charge in [-0.05, 0) is 33.8 Å². The monoisotopic (exact) mass is 294 g/mol. The first-order valence-electron chi connectivity index (χ1n) is 6.66. The van der Waals surface area contributed by atoms with E-state index in [0.717, 1.165) is 0 Å². The van der Waals surface area contributed by atoms with Gasteiger partial charge in [-0.25, -0.2) is 4.79 Å². The molecule has 0 saturated heterocycles. The lowest BCUT2D eigenvalue weighted by molar-refractivity contribution is -0.155. The Morgan fingerprint density at radius 1 is 1.33 bits per heavy atom. The van der Waals surface area contributed by atoms with E-state index in [9.17, 15) is 9.59 Å². The average molecular weight is 294 g/mol. The molecule has 1 aromatic rings. The van der Waals surface area contributed by atoms with Gasteiger partial charge in [0.25, 0.3) is 0 Å². The molecule has 21 heavy (non-hydrogen) atoms. The Morgan fingerprint density at radius 3 is 2.43 bits per heavy atom. The van der Waals surface area contributed by atoms with Crippen LogP contribution in [0.4, 0.5) is 4.79 Å². The van der Waals surface area contributed by atoms with E-state index in [-0.39, 0.29) is 0 Å². The molecule has 0 bridgehead atoms. The molecular weight excluding hydrogens is 272 g/mol. The SMILES string of the molecule is CC(=O)OC(c1cccnc1C)N(C)C(=O)OC(C)(C)C. The van der Waals surface area contributed by atoms with Crippen molar-refractivity contribution in [3.05, 3.63) is 29.6 Å². The molecule has 1 amide bonds. The number of amides is 1. The van der Waals surface area contributed by atoms with Gasteiger partial charge in [0.1, 0.15) is 5.60 Å². The Balaban J connectivity index is 3.06. The highest BCUT2D eigenvalue weighted by Crippen LogP contribution is 2.25. The quantitative estimate of drug-likeness (QED) is 0.633. The maximum absolute atomic E-state index is 12.2. The average Bonchev–Trinajstić information content (AvgIpc) is 2.33. The number of pyridine rings is 1. The molecule has 0 N–H and O–H groups in total. The summed E-state index contributed by atoms with van der Waals surface area (Å²) in [5, 5.41) is 0. The molecule has 0 aliphatic rings. The minimum Gasteiger partial charge on any atom is -0.444 e. The molecule has 1 rings (SSSR count). The molecule has 116 valence electrons. The first-order chi connectivity index (χ1) is 9.61. The van der Waals surface area contributed by atoms with Crippen LogP contribution in [0.15, 0.2) is 18.3 Å². The van der Waals surface area contributed by atoms with Gasteiger partial charge in [0.2, 0.25) is 6.23 Å². The van der Waals surface area contributed by atoms with Crippen molar-refractivity contribution in [1.29, 1.82) is 0 Å². The van der Waals surface area contributed by atoms with Crippen molar-refractivity contribution in [2.24, 2.45) is 0 Å². The van der Waals surface area contributed by atoms with Crippen molar-refractivity contribution in [2.45, 2.75) is 46.4 Å². The minimum atomic E-state index is -0.869. The van der Waals surface area contributed by atoms with Crippen LogP contribution in [0.1, 0.15) is 45.2 Å². The molecule has 0 aliphatic heterocycles. The highest BCUT2D eigenvalue weighted by molar-refractivity contribution is 5.70. The second kappa shape index (κ2) is 6.56. The molecule has 1 aromatic heterocycles. The highest BCUT2D eigenvalue weighted by Gasteiger charge is 2.29. The van der Waals surface area contributed by atoms with E-state index in [1.54, 1.807) is 46.0 Å². The van der Waals surface area contributed by atoms with Crippen LogP contribution in [-0.4, -0.2) is 34.6 Å². The number of nitrogens with zero attached hydrogens (tertiary/aromatic N) is 2. The van der Waals surface area contributed by atoms with E-state index in [1.807, 2.05) is 0 Å². The molecule has 1 heterocycles. The maximum atomic E-state index is 12.2. The number of hydrogen-bond acceptors (Lipinski definition) is 5. The molecule has 1 atom stereocenters. The lowest BCUT2D eigenvalue weighted by atomic mass is 10.1. The third-order valence-corrected chi connectivity index (χ3v) is 2.62. The summed E-state index contributed by atoms with van der Waals surface area (Å²) in [6.45, 7) is 8.40. The molecule has 0 fully saturated rings. The molecule has 0 spiro atoms. The molecule has 0 aliphatic carbocycles. The Kier molecular flexibility index (Phi) is 5.29. The lowest BCUT2D eigenvalue weighted by Gasteiger charge is -2.30. The summed E-state index contributed by atoms with van der Waals surface area (Å²) in [4.78, 5) is 28.9. The van der Waals surface area contributed by atoms with Gasteiger partial charge in [0, 0.05) is 31.4 Å². The number of aryl methyl sites for hydroxylation is 1. The van der Waals surface area contributed by atoms with Crippen LogP contribution < -0.4 is 0 Å². The van der Waals surface area contributed by atoms with Crippen LogP contribution >= 0.6 is 0 Å². The van der Waals surface area contributed by atoms with Crippen molar-refractivity contribution in [2.75, 3.05) is 7.05 Å². The zero-order valence-corrected chi connectivity index (χ0v) is 13.3. The molecular formula is C15H22N2O4. The van der Waals surface area contributed by atoms with Crippen LogP contribution in [-0.2, 0) is 14.3 Å². The van der Waals surface area contributed by atoms with Crippen LogP contribution in [0.25, 0.3) is 0 Å². The van der Waals surface area contributed by atoms with Crippen molar-refractivity contribution in [1.82, 2.24) is 9.88 Å². The normalized spacial score (nSPS) is 12.5. The second-order valence-electron chi connectivity index (χ2n) is 5.73. The van der Waals surface area contributed by atoms with Gasteiger partial charge >= 0.3 is 12.1 Å². The summed E-state index contributed by atoms with van der Waals surface area (Å²) in [5.74, 6) is -0.487. The Hall–Kier alpha value is -2.11. The fourth-order valence-electron chi connectivity index (χ4n) is 1.70. The lowest BCUT2D eigenvalue weighted by Crippen LogP contribution is -2.38. The first kappa shape index (κ1) is 16.9. The molecule has 6 heteroatoms. The Morgan fingerprint density at radius 2 is 1.95 bits per heavy atom. The summed E-state index contributed by atoms with van der Waals surface area (Å²) < 4.78 is 10.6. The summed E-state index contributed by atoms with van der Waals surface area (Å²) in [7, 11) is 1.52. The summed E-state index contributed by atoms with van der Waals surface area (Å²) >= 11 is 0. The van der Waals surface area contributed by atoms with E-state index in [1.165, 1.54) is 18.9 Å². The number of carbonyl (C=O) groups is 2. The van der Waals surface area contributed by atoms with Gasteiger partial charge in [-0.15, -0.1) is 0 Å². The van der Waals surface area contributed by atoms with E-state index < -0.39 is 23.9 Å². The maximum Gasteiger partial charge on any atom is 0.413 e. The standard InChI is InChI=1S/C15H22N2O4/c1-10-12(8-7-9-16-10)13(20-11(2)18)17(6)14(19)21-15(3,4)5/h7-9,13H,1-6H3. The highest BCUT2D eigenvalue weighted by atomic mass is 16.6. The van der Waals surface area contributed by atoms with Crippen molar-refractivity contribution >= 4 is 12.1 Å². The van der Waals surface area contributed by atoms with E-state index in [4.69, 9.17) is 9.47 Å². The molecule has 6 nitrogen and oxygen atoms in total. The molecule has 0 aromatic carbocycles. The fraction of sp³-hybridized carbons (Fsp3) is 0.533. The number of hydrogen-bond donors (Lipinski definition) is 0. The molecule has 0 saturated carbocycles. The number of rotatable bonds is 3. The van der Waals surface area contributed by atoms with Crippen LogP contribution in [0.3, 0.4) is 0 Å². The van der Waals surface area contributed by atoms with Crippen LogP contribution in [0.5, 0.6) is 0 Å². The van der Waals surface area contributed by atoms with E-state index in [0.29, 0.717) is 11.3 Å². The van der Waals surface area contributed by atoms with Crippen LogP contribution in [0, 0.1) is 6.92 Å². The van der Waals surface area contributed by atoms with Crippen molar-refractivity contribution < 1.29 is 19.1 Å². The third-order valence-electron chi connectivity index (χ3n) is 2.62. The van der Waals surface area contributed by atoms with Gasteiger partial charge in [0.05, 0.1) is 0 Å². The van der Waals surface area contributed by atoms with Crippen molar-refractivity contribution in [3.8, 4) is 0 Å². The molecule has 0 radical (unpaired) electrons. The second-order valence-corrected chi connectivity index (χ2v) is 5.73. The minimum absolute atomic E-state index is 0.487. The zero-order valence-electron chi connectivity index (χ0n) is 13.3. The Bertz CT molecular complexity index is 523. The van der Waals surface area contributed by atoms with E-state index in [2.05, 4.69) is 4.98 Å². The summed E-state index contributed by atoms with van der Waals surface area (Å²) in [6, 6.07) is 3.48. The van der Waals surface area contributed by atoms with Gasteiger partial charge in [-0.2, -0.15) is 0 Å². The fourth-order valence-corrected chi connectivity index (χ4v) is 1.70. The first-order valence-corrected chi connectivity index (χ1v) is 6.66. The third kappa shape index (κ3) is 5.06. The number of aromatic nitrogens is 1. The molecule has 1 unspecified atom stereocenters. The summed E-state index contributed by atoms with van der Waals surface area (Å²) in [5.41, 5.74) is 0.691. The Labute approximate surface area is 125 Å². The zero-order chi connectivity index (χ0) is 16.2. The predicted molar refractivity (Wildman–Crippen MR) is 77.5 cm³/mol. The van der Waals surface area contributed by atoms with Gasteiger partial charge in [0.15, 0.2) is 0 Å². The van der Waals surface area contributed by atoms with Gasteiger partial charge in [-0.3, -0.25) is 14.7 Å². The van der Waals surface area contributed by atoms with E-state index >= 15 is 0 Å². The van der Waals surface area contributed by atoms with Gasteiger partial charge < -0.3 is 9.47 Å². The number of ether oxygens (including phenoxy) is 2. The number of esters is 1. The van der Waals surface area contributed by atoms with Crippen LogP contribution in [0.2, 0.25) is 0 Å².